The normalized spacial score (nSPS) is 16.5. The van der Waals surface area contributed by atoms with Gasteiger partial charge in [-0.05, 0) is 55.3 Å². The van der Waals surface area contributed by atoms with Crippen LogP contribution in [0, 0.1) is 6.92 Å². The second kappa shape index (κ2) is 11.2. The van der Waals surface area contributed by atoms with Crippen molar-refractivity contribution >= 4 is 11.5 Å². The largest absolute Gasteiger partial charge is 0.494 e. The number of hydrogen-bond acceptors (Lipinski definition) is 7. The number of pyridine rings is 2. The second-order valence-corrected chi connectivity index (χ2v) is 8.17. The number of aryl methyl sites for hydroxylation is 1. The highest BCUT2D eigenvalue weighted by Crippen LogP contribution is 2.27. The first-order chi connectivity index (χ1) is 16.2. The Kier molecular flexibility index (Phi) is 7.88. The maximum atomic E-state index is 6.06. The molecule has 3 heterocycles. The first kappa shape index (κ1) is 23.2. The molecule has 174 valence electrons. The highest BCUT2D eigenvalue weighted by Gasteiger charge is 2.24. The zero-order valence-corrected chi connectivity index (χ0v) is 19.6. The molecule has 1 atom stereocenters. The smallest absolute Gasteiger partial charge is 0.133 e. The minimum absolute atomic E-state index is 0.0675. The molecule has 1 aliphatic heterocycles. The number of aromatic nitrogens is 2. The number of methoxy groups -OCH3 is 1. The number of ether oxygens (including phenoxy) is 3. The van der Waals surface area contributed by atoms with Gasteiger partial charge in [0.15, 0.2) is 0 Å². The van der Waals surface area contributed by atoms with Gasteiger partial charge in [0.1, 0.15) is 17.7 Å². The number of rotatable bonds is 9. The number of anilines is 2. The third-order valence-electron chi connectivity index (χ3n) is 5.67. The van der Waals surface area contributed by atoms with Crippen LogP contribution in [0.2, 0.25) is 0 Å². The summed E-state index contributed by atoms with van der Waals surface area (Å²) in [5, 5.41) is 3.33. The molecule has 0 spiro atoms. The van der Waals surface area contributed by atoms with Crippen molar-refractivity contribution in [2.75, 3.05) is 38.7 Å². The maximum Gasteiger partial charge on any atom is 0.133 e. The lowest BCUT2D eigenvalue weighted by Gasteiger charge is -2.33. The molecule has 1 unspecified atom stereocenters. The SMILES string of the molecule is CCOc1ccc(COC)cc1CN1CCOC(c2ccc(Nc3ncccc3C)cn2)C1. The summed E-state index contributed by atoms with van der Waals surface area (Å²) < 4.78 is 17.2. The van der Waals surface area contributed by atoms with Gasteiger partial charge in [-0.3, -0.25) is 9.88 Å². The summed E-state index contributed by atoms with van der Waals surface area (Å²) in [5.41, 5.74) is 5.25. The molecule has 2 aromatic heterocycles. The minimum Gasteiger partial charge on any atom is -0.494 e. The van der Waals surface area contributed by atoms with Crippen LogP contribution in [0.4, 0.5) is 11.5 Å². The molecule has 3 aromatic rings. The molecule has 1 saturated heterocycles. The predicted octanol–water partition coefficient (Wildman–Crippen LogP) is 4.65. The molecule has 0 aliphatic carbocycles. The van der Waals surface area contributed by atoms with Crippen molar-refractivity contribution in [3.05, 3.63) is 77.2 Å². The van der Waals surface area contributed by atoms with Crippen molar-refractivity contribution in [1.29, 1.82) is 0 Å². The lowest BCUT2D eigenvalue weighted by atomic mass is 10.1. The van der Waals surface area contributed by atoms with Crippen molar-refractivity contribution in [2.45, 2.75) is 33.1 Å². The topological polar surface area (TPSA) is 68.7 Å². The first-order valence-electron chi connectivity index (χ1n) is 11.4. The molecule has 0 saturated carbocycles. The van der Waals surface area contributed by atoms with Crippen molar-refractivity contribution in [2.24, 2.45) is 0 Å². The monoisotopic (exact) mass is 448 g/mol. The molecule has 1 fully saturated rings. The van der Waals surface area contributed by atoms with Gasteiger partial charge in [-0.1, -0.05) is 12.1 Å². The number of morpholine rings is 1. The first-order valence-corrected chi connectivity index (χ1v) is 11.4. The standard InChI is InChI=1S/C26H32N4O3/c1-4-32-24-10-7-20(18-31-3)14-21(24)16-30-12-13-33-25(17-30)23-9-8-22(15-28-23)29-26-19(2)6-5-11-27-26/h5-11,14-15,25H,4,12-13,16-18H2,1-3H3,(H,27,29). The van der Waals surface area contributed by atoms with Gasteiger partial charge in [0.2, 0.25) is 0 Å². The molecule has 33 heavy (non-hydrogen) atoms. The van der Waals surface area contributed by atoms with Gasteiger partial charge < -0.3 is 19.5 Å². The highest BCUT2D eigenvalue weighted by molar-refractivity contribution is 5.57. The van der Waals surface area contributed by atoms with Gasteiger partial charge in [-0.25, -0.2) is 4.98 Å². The van der Waals surface area contributed by atoms with Crippen LogP contribution in [0.1, 0.15) is 35.4 Å². The van der Waals surface area contributed by atoms with Crippen molar-refractivity contribution in [1.82, 2.24) is 14.9 Å². The zero-order chi connectivity index (χ0) is 23.0. The summed E-state index contributed by atoms with van der Waals surface area (Å²) in [7, 11) is 1.72. The summed E-state index contributed by atoms with van der Waals surface area (Å²) >= 11 is 0. The Labute approximate surface area is 195 Å². The van der Waals surface area contributed by atoms with E-state index in [0.717, 1.165) is 53.7 Å². The molecule has 0 radical (unpaired) electrons. The van der Waals surface area contributed by atoms with E-state index in [9.17, 15) is 0 Å². The predicted molar refractivity (Wildman–Crippen MR) is 129 cm³/mol. The Bertz CT molecular complexity index is 1040. The number of benzene rings is 1. The van der Waals surface area contributed by atoms with Gasteiger partial charge in [0.05, 0.1) is 37.4 Å². The van der Waals surface area contributed by atoms with Gasteiger partial charge in [0.25, 0.3) is 0 Å². The van der Waals surface area contributed by atoms with E-state index < -0.39 is 0 Å². The Morgan fingerprint density at radius 2 is 2.09 bits per heavy atom. The van der Waals surface area contributed by atoms with Crippen LogP contribution in [0.15, 0.2) is 54.9 Å². The number of nitrogens with one attached hydrogen (secondary N) is 1. The van der Waals surface area contributed by atoms with Crippen molar-refractivity contribution in [3.8, 4) is 5.75 Å². The van der Waals surface area contributed by atoms with E-state index in [1.807, 2.05) is 50.4 Å². The van der Waals surface area contributed by atoms with Crippen LogP contribution >= 0.6 is 0 Å². The number of hydrogen-bond donors (Lipinski definition) is 1. The lowest BCUT2D eigenvalue weighted by molar-refractivity contribution is -0.0351. The van der Waals surface area contributed by atoms with E-state index in [-0.39, 0.29) is 6.10 Å². The Hall–Kier alpha value is -3.00. The molecule has 7 nitrogen and oxygen atoms in total. The Morgan fingerprint density at radius 3 is 2.85 bits per heavy atom. The van der Waals surface area contributed by atoms with E-state index in [1.54, 1.807) is 13.3 Å². The second-order valence-electron chi connectivity index (χ2n) is 8.17. The molecule has 1 aliphatic rings. The maximum absolute atomic E-state index is 6.06. The van der Waals surface area contributed by atoms with Crippen molar-refractivity contribution < 1.29 is 14.2 Å². The summed E-state index contributed by atoms with van der Waals surface area (Å²) in [5.74, 6) is 1.77. The fourth-order valence-corrected chi connectivity index (χ4v) is 4.00. The van der Waals surface area contributed by atoms with E-state index in [1.165, 1.54) is 5.56 Å². The summed E-state index contributed by atoms with van der Waals surface area (Å²) in [6.07, 6.45) is 3.55. The number of nitrogens with zero attached hydrogens (tertiary/aromatic N) is 3. The molecule has 1 aromatic carbocycles. The molecule has 1 N–H and O–H groups in total. The van der Waals surface area contributed by atoms with E-state index in [2.05, 4.69) is 32.3 Å². The minimum atomic E-state index is -0.0675. The fourth-order valence-electron chi connectivity index (χ4n) is 4.00. The highest BCUT2D eigenvalue weighted by atomic mass is 16.5. The molecule has 0 amide bonds. The zero-order valence-electron chi connectivity index (χ0n) is 19.6. The van der Waals surface area contributed by atoms with Crippen LogP contribution in [-0.2, 0) is 22.6 Å². The van der Waals surface area contributed by atoms with Gasteiger partial charge >= 0.3 is 0 Å². The van der Waals surface area contributed by atoms with Crippen LogP contribution in [0.5, 0.6) is 5.75 Å². The van der Waals surface area contributed by atoms with Crippen LogP contribution in [0.3, 0.4) is 0 Å². The van der Waals surface area contributed by atoms with Crippen LogP contribution in [-0.4, -0.2) is 48.3 Å². The average Bonchev–Trinajstić information content (AvgIpc) is 2.83. The van der Waals surface area contributed by atoms with Crippen LogP contribution in [0.25, 0.3) is 0 Å². The van der Waals surface area contributed by atoms with Gasteiger partial charge in [-0.15, -0.1) is 0 Å². The van der Waals surface area contributed by atoms with E-state index in [4.69, 9.17) is 14.2 Å². The summed E-state index contributed by atoms with van der Waals surface area (Å²) in [6, 6.07) is 14.3. The quantitative estimate of drug-likeness (QED) is 0.511. The summed E-state index contributed by atoms with van der Waals surface area (Å²) in [4.78, 5) is 11.5. The molecular formula is C26H32N4O3. The molecule has 0 bridgehead atoms. The average molecular weight is 449 g/mol. The molecule has 7 heteroatoms. The molecular weight excluding hydrogens is 416 g/mol. The summed E-state index contributed by atoms with van der Waals surface area (Å²) in [6.45, 7) is 8.39. The molecule has 4 rings (SSSR count). The van der Waals surface area contributed by atoms with Gasteiger partial charge in [-0.2, -0.15) is 0 Å². The fraction of sp³-hybridized carbons (Fsp3) is 0.385. The lowest BCUT2D eigenvalue weighted by Crippen LogP contribution is -2.38. The van der Waals surface area contributed by atoms with E-state index >= 15 is 0 Å². The van der Waals surface area contributed by atoms with Crippen molar-refractivity contribution in [3.63, 3.8) is 0 Å². The van der Waals surface area contributed by atoms with E-state index in [0.29, 0.717) is 19.8 Å². The van der Waals surface area contributed by atoms with Crippen LogP contribution < -0.4 is 10.1 Å². The third-order valence-corrected chi connectivity index (χ3v) is 5.67. The third kappa shape index (κ3) is 6.07. The Morgan fingerprint density at radius 1 is 1.18 bits per heavy atom. The Balaban J connectivity index is 1.42. The van der Waals surface area contributed by atoms with Gasteiger partial charge in [0, 0.05) is 38.5 Å².